The van der Waals surface area contributed by atoms with Gasteiger partial charge in [0.2, 0.25) is 0 Å². The van der Waals surface area contributed by atoms with E-state index in [2.05, 4.69) is 23.9 Å². The molecule has 1 fully saturated rings. The van der Waals surface area contributed by atoms with Crippen molar-refractivity contribution in [3.05, 3.63) is 0 Å². The minimum absolute atomic E-state index is 0.758. The van der Waals surface area contributed by atoms with E-state index in [0.717, 1.165) is 12.6 Å². The van der Waals surface area contributed by atoms with Crippen LogP contribution in [0.4, 0.5) is 0 Å². The Labute approximate surface area is 75.7 Å². The Morgan fingerprint density at radius 3 is 2.58 bits per heavy atom. The summed E-state index contributed by atoms with van der Waals surface area (Å²) >= 11 is 0. The summed E-state index contributed by atoms with van der Waals surface area (Å²) in [6.45, 7) is 2.97. The van der Waals surface area contributed by atoms with Gasteiger partial charge >= 0.3 is 0 Å². The van der Waals surface area contributed by atoms with Crippen molar-refractivity contribution in [3.63, 3.8) is 0 Å². The molecule has 0 aromatic heterocycles. The molecule has 0 radical (unpaired) electrons. The quantitative estimate of drug-likeness (QED) is 0.466. The Morgan fingerprint density at radius 1 is 1.33 bits per heavy atom. The van der Waals surface area contributed by atoms with E-state index in [1.807, 2.05) is 6.34 Å². The van der Waals surface area contributed by atoms with Crippen molar-refractivity contribution < 1.29 is 0 Å². The number of nitrogens with zero attached hydrogens (tertiary/aromatic N) is 2. The minimum Gasteiger partial charge on any atom is -0.363 e. The molecule has 0 spiro atoms. The van der Waals surface area contributed by atoms with E-state index in [0.29, 0.717) is 0 Å². The molecule has 0 heterocycles. The Balaban J connectivity index is 2.29. The van der Waals surface area contributed by atoms with Gasteiger partial charge in [0.25, 0.3) is 0 Å². The Morgan fingerprint density at radius 2 is 2.00 bits per heavy atom. The molecule has 0 amide bonds. The highest BCUT2D eigenvalue weighted by Crippen LogP contribution is 2.20. The maximum Gasteiger partial charge on any atom is 0.0849 e. The van der Waals surface area contributed by atoms with Crippen LogP contribution in [-0.2, 0) is 0 Å². The molecule has 0 atom stereocenters. The molecule has 0 bridgehead atoms. The third kappa shape index (κ3) is 2.84. The zero-order chi connectivity index (χ0) is 8.81. The van der Waals surface area contributed by atoms with Crippen molar-refractivity contribution in [2.24, 2.45) is 4.99 Å². The fraction of sp³-hybridized carbons (Fsp3) is 0.900. The Hall–Kier alpha value is -0.530. The van der Waals surface area contributed by atoms with E-state index < -0.39 is 0 Å². The summed E-state index contributed by atoms with van der Waals surface area (Å²) in [6, 6.07) is 0.758. The van der Waals surface area contributed by atoms with Crippen LogP contribution in [0.2, 0.25) is 0 Å². The van der Waals surface area contributed by atoms with E-state index in [1.54, 1.807) is 0 Å². The summed E-state index contributed by atoms with van der Waals surface area (Å²) in [5.41, 5.74) is 0. The number of rotatable bonds is 3. The van der Waals surface area contributed by atoms with Gasteiger partial charge in [-0.25, -0.2) is 0 Å². The summed E-state index contributed by atoms with van der Waals surface area (Å²) in [4.78, 5) is 6.53. The second-order valence-corrected chi connectivity index (χ2v) is 3.57. The molecular weight excluding hydrogens is 148 g/mol. The van der Waals surface area contributed by atoms with Crippen LogP contribution in [-0.4, -0.2) is 30.9 Å². The summed E-state index contributed by atoms with van der Waals surface area (Å²) in [6.07, 6.45) is 8.92. The molecular formula is C10H20N2. The molecule has 0 aromatic rings. The lowest BCUT2D eigenvalue weighted by atomic mass is 9.95. The van der Waals surface area contributed by atoms with E-state index in [1.165, 1.54) is 32.1 Å². The molecule has 0 aliphatic heterocycles. The molecule has 1 aliphatic carbocycles. The van der Waals surface area contributed by atoms with Gasteiger partial charge < -0.3 is 4.90 Å². The van der Waals surface area contributed by atoms with Crippen LogP contribution in [0.5, 0.6) is 0 Å². The highest BCUT2D eigenvalue weighted by Gasteiger charge is 2.15. The molecule has 2 nitrogen and oxygen atoms in total. The number of hydrogen-bond donors (Lipinski definition) is 0. The van der Waals surface area contributed by atoms with Gasteiger partial charge in [0, 0.05) is 19.6 Å². The van der Waals surface area contributed by atoms with Crippen LogP contribution in [0.3, 0.4) is 0 Å². The van der Waals surface area contributed by atoms with Crippen molar-refractivity contribution in [3.8, 4) is 0 Å². The van der Waals surface area contributed by atoms with Gasteiger partial charge in [0.1, 0.15) is 0 Å². The van der Waals surface area contributed by atoms with Crippen LogP contribution in [0, 0.1) is 0 Å². The summed E-state index contributed by atoms with van der Waals surface area (Å²) in [5, 5.41) is 0. The molecule has 0 saturated heterocycles. The second-order valence-electron chi connectivity index (χ2n) is 3.57. The van der Waals surface area contributed by atoms with E-state index in [9.17, 15) is 0 Å². The standard InChI is InChI=1S/C10H20N2/c1-3-11-9-12(2)10-7-5-4-6-8-10/h9-10H,3-8H2,1-2H3. The van der Waals surface area contributed by atoms with Crippen LogP contribution in [0.15, 0.2) is 4.99 Å². The highest BCUT2D eigenvalue weighted by atomic mass is 15.1. The fourth-order valence-corrected chi connectivity index (χ4v) is 1.79. The fourth-order valence-electron chi connectivity index (χ4n) is 1.79. The smallest absolute Gasteiger partial charge is 0.0849 e. The van der Waals surface area contributed by atoms with Crippen molar-refractivity contribution in [2.75, 3.05) is 13.6 Å². The summed E-state index contributed by atoms with van der Waals surface area (Å²) in [5.74, 6) is 0. The maximum atomic E-state index is 4.25. The van der Waals surface area contributed by atoms with Crippen molar-refractivity contribution >= 4 is 6.34 Å². The van der Waals surface area contributed by atoms with Crippen molar-refractivity contribution in [2.45, 2.75) is 45.1 Å². The zero-order valence-electron chi connectivity index (χ0n) is 8.29. The topological polar surface area (TPSA) is 15.6 Å². The number of aliphatic imine (C=N–C) groups is 1. The predicted molar refractivity (Wildman–Crippen MR) is 53.7 cm³/mol. The second kappa shape index (κ2) is 5.18. The molecule has 12 heavy (non-hydrogen) atoms. The molecule has 1 saturated carbocycles. The first-order valence-electron chi connectivity index (χ1n) is 5.06. The van der Waals surface area contributed by atoms with Gasteiger partial charge in [-0.1, -0.05) is 19.3 Å². The average molecular weight is 168 g/mol. The molecule has 0 N–H and O–H groups in total. The number of hydrogen-bond acceptors (Lipinski definition) is 1. The third-order valence-electron chi connectivity index (χ3n) is 2.60. The zero-order valence-corrected chi connectivity index (χ0v) is 8.29. The monoisotopic (exact) mass is 168 g/mol. The van der Waals surface area contributed by atoms with Gasteiger partial charge in [0.05, 0.1) is 6.34 Å². The lowest BCUT2D eigenvalue weighted by Gasteiger charge is -2.29. The predicted octanol–water partition coefficient (Wildman–Crippen LogP) is 2.30. The third-order valence-corrected chi connectivity index (χ3v) is 2.60. The summed E-state index contributed by atoms with van der Waals surface area (Å²) in [7, 11) is 2.15. The molecule has 1 aliphatic rings. The Bertz CT molecular complexity index is 137. The first-order chi connectivity index (χ1) is 5.84. The molecule has 0 aromatic carbocycles. The molecule has 2 heteroatoms. The lowest BCUT2D eigenvalue weighted by Crippen LogP contribution is -2.32. The molecule has 1 rings (SSSR count). The van der Waals surface area contributed by atoms with Crippen LogP contribution < -0.4 is 0 Å². The minimum atomic E-state index is 0.758. The van der Waals surface area contributed by atoms with Gasteiger partial charge in [-0.05, 0) is 19.8 Å². The van der Waals surface area contributed by atoms with E-state index >= 15 is 0 Å². The largest absolute Gasteiger partial charge is 0.363 e. The van der Waals surface area contributed by atoms with Gasteiger partial charge in [-0.15, -0.1) is 0 Å². The van der Waals surface area contributed by atoms with Crippen LogP contribution in [0.1, 0.15) is 39.0 Å². The average Bonchev–Trinajstić information content (AvgIpc) is 2.15. The molecule has 0 unspecified atom stereocenters. The SMILES string of the molecule is CCN=CN(C)C1CCCCC1. The highest BCUT2D eigenvalue weighted by molar-refractivity contribution is 5.54. The van der Waals surface area contributed by atoms with Gasteiger partial charge in [-0.3, -0.25) is 4.99 Å². The van der Waals surface area contributed by atoms with Crippen molar-refractivity contribution in [1.29, 1.82) is 0 Å². The normalized spacial score (nSPS) is 20.2. The van der Waals surface area contributed by atoms with Crippen LogP contribution >= 0.6 is 0 Å². The van der Waals surface area contributed by atoms with E-state index in [4.69, 9.17) is 0 Å². The van der Waals surface area contributed by atoms with E-state index in [-0.39, 0.29) is 0 Å². The summed E-state index contributed by atoms with van der Waals surface area (Å²) < 4.78 is 0. The van der Waals surface area contributed by atoms with Crippen molar-refractivity contribution in [1.82, 2.24) is 4.90 Å². The van der Waals surface area contributed by atoms with Crippen LogP contribution in [0.25, 0.3) is 0 Å². The molecule has 70 valence electrons. The van der Waals surface area contributed by atoms with Gasteiger partial charge in [-0.2, -0.15) is 0 Å². The first kappa shape index (κ1) is 9.56. The Kier molecular flexibility index (Phi) is 4.12. The lowest BCUT2D eigenvalue weighted by molar-refractivity contribution is 0.284. The van der Waals surface area contributed by atoms with Gasteiger partial charge in [0.15, 0.2) is 0 Å². The first-order valence-corrected chi connectivity index (χ1v) is 5.06. The maximum absolute atomic E-state index is 4.25.